The summed E-state index contributed by atoms with van der Waals surface area (Å²) in [7, 11) is 0. The number of aliphatic carboxylic acids is 3. The Bertz CT molecular complexity index is 954. The van der Waals surface area contributed by atoms with Gasteiger partial charge in [0.05, 0.1) is 18.9 Å². The summed E-state index contributed by atoms with van der Waals surface area (Å²) in [5.41, 5.74) is 6.13. The molecule has 0 aliphatic carbocycles. The van der Waals surface area contributed by atoms with Crippen LogP contribution >= 0.6 is 0 Å². The molecule has 198 valence electrons. The first-order chi connectivity index (χ1) is 16.8. The number of nitrogens with two attached hydrogens (primary N) is 1. The van der Waals surface area contributed by atoms with Gasteiger partial charge in [-0.05, 0) is 11.5 Å². The van der Waals surface area contributed by atoms with Gasteiger partial charge in [0.1, 0.15) is 18.1 Å². The molecule has 13 nitrogen and oxygen atoms in total. The second-order valence-corrected chi connectivity index (χ2v) is 8.32. The van der Waals surface area contributed by atoms with Gasteiger partial charge in [-0.15, -0.1) is 0 Å². The fourth-order valence-corrected chi connectivity index (χ4v) is 3.21. The van der Waals surface area contributed by atoms with Gasteiger partial charge >= 0.3 is 17.9 Å². The van der Waals surface area contributed by atoms with Gasteiger partial charge in [-0.2, -0.15) is 0 Å². The third kappa shape index (κ3) is 10.1. The summed E-state index contributed by atoms with van der Waals surface area (Å²) in [6.45, 7) is 3.36. The average Bonchev–Trinajstić information content (AvgIpc) is 2.80. The minimum Gasteiger partial charge on any atom is -0.481 e. The van der Waals surface area contributed by atoms with Crippen LogP contribution in [0.2, 0.25) is 0 Å². The predicted molar refractivity (Wildman–Crippen MR) is 126 cm³/mol. The van der Waals surface area contributed by atoms with Gasteiger partial charge in [-0.1, -0.05) is 50.6 Å². The van der Waals surface area contributed by atoms with Crippen LogP contribution in [0.5, 0.6) is 0 Å². The molecule has 36 heavy (non-hydrogen) atoms. The zero-order valence-corrected chi connectivity index (χ0v) is 20.0. The Hall–Kier alpha value is -4.00. The standard InChI is InChI=1S/C23H32N4O9/c1-3-12(2)19(22(34)26-16(23(35)36)9-13-7-5-4-6-8-13)27-21(33)15(11-18(30)31)25-20(32)14(24)10-17(28)29/h4-8,12,14-16,19H,3,9-11,24H2,1-2H3,(H,25,32)(H,26,34)(H,27,33)(H,28,29)(H,30,31)(H,35,36). The summed E-state index contributed by atoms with van der Waals surface area (Å²) in [5.74, 6) is -7.47. The number of rotatable bonds is 15. The molecule has 13 heteroatoms. The van der Waals surface area contributed by atoms with Crippen molar-refractivity contribution >= 4 is 35.6 Å². The molecule has 1 rings (SSSR count). The number of carbonyl (C=O) groups is 6. The van der Waals surface area contributed by atoms with Crippen LogP contribution in [-0.2, 0) is 35.2 Å². The van der Waals surface area contributed by atoms with Crippen LogP contribution in [0.4, 0.5) is 0 Å². The first kappa shape index (κ1) is 30.0. The smallest absolute Gasteiger partial charge is 0.326 e. The number of carboxylic acid groups (broad SMARTS) is 3. The monoisotopic (exact) mass is 508 g/mol. The zero-order chi connectivity index (χ0) is 27.4. The second-order valence-electron chi connectivity index (χ2n) is 8.32. The summed E-state index contributed by atoms with van der Waals surface area (Å²) in [6, 6.07) is 2.85. The van der Waals surface area contributed by atoms with Crippen molar-refractivity contribution in [2.45, 2.75) is 63.7 Å². The van der Waals surface area contributed by atoms with E-state index in [9.17, 15) is 33.9 Å². The molecule has 5 unspecified atom stereocenters. The molecule has 5 atom stereocenters. The molecule has 0 bridgehead atoms. The summed E-state index contributed by atoms with van der Waals surface area (Å²) >= 11 is 0. The molecule has 1 aromatic rings. The van der Waals surface area contributed by atoms with Crippen molar-refractivity contribution in [3.63, 3.8) is 0 Å². The fourth-order valence-electron chi connectivity index (χ4n) is 3.21. The third-order valence-electron chi connectivity index (χ3n) is 5.43. The van der Waals surface area contributed by atoms with Crippen LogP contribution in [0.1, 0.15) is 38.7 Å². The van der Waals surface area contributed by atoms with Crippen LogP contribution in [-0.4, -0.2) is 75.1 Å². The van der Waals surface area contributed by atoms with Crippen LogP contribution in [0.25, 0.3) is 0 Å². The molecule has 0 aliphatic heterocycles. The van der Waals surface area contributed by atoms with Crippen molar-refractivity contribution in [2.75, 3.05) is 0 Å². The van der Waals surface area contributed by atoms with E-state index >= 15 is 0 Å². The highest BCUT2D eigenvalue weighted by Gasteiger charge is 2.33. The Morgan fingerprint density at radius 1 is 0.806 bits per heavy atom. The van der Waals surface area contributed by atoms with E-state index in [1.165, 1.54) is 0 Å². The maximum atomic E-state index is 13.0. The third-order valence-corrected chi connectivity index (χ3v) is 5.43. The van der Waals surface area contributed by atoms with Crippen molar-refractivity contribution < 1.29 is 44.1 Å². The van der Waals surface area contributed by atoms with Crippen molar-refractivity contribution in [1.82, 2.24) is 16.0 Å². The number of hydrogen-bond donors (Lipinski definition) is 7. The lowest BCUT2D eigenvalue weighted by molar-refractivity contribution is -0.143. The normalized spacial score (nSPS) is 14.9. The number of nitrogens with one attached hydrogen (secondary N) is 3. The maximum absolute atomic E-state index is 13.0. The van der Waals surface area contributed by atoms with Crippen LogP contribution in [0.15, 0.2) is 30.3 Å². The number of carboxylic acids is 3. The average molecular weight is 509 g/mol. The molecule has 0 spiro atoms. The van der Waals surface area contributed by atoms with E-state index < -0.39 is 78.6 Å². The SMILES string of the molecule is CCC(C)C(NC(=O)C(CC(=O)O)NC(=O)C(N)CC(=O)O)C(=O)NC(Cc1ccccc1)C(=O)O. The molecule has 0 saturated heterocycles. The molecular formula is C23H32N4O9. The minimum atomic E-state index is -1.66. The van der Waals surface area contributed by atoms with Gasteiger partial charge in [-0.25, -0.2) is 4.79 Å². The molecule has 3 amide bonds. The Kier molecular flexibility index (Phi) is 12.0. The first-order valence-electron chi connectivity index (χ1n) is 11.2. The topological polar surface area (TPSA) is 225 Å². The molecule has 0 aliphatic rings. The van der Waals surface area contributed by atoms with Crippen molar-refractivity contribution in [1.29, 1.82) is 0 Å². The summed E-state index contributed by atoms with van der Waals surface area (Å²) in [4.78, 5) is 71.8. The maximum Gasteiger partial charge on any atom is 0.326 e. The molecule has 0 fully saturated rings. The van der Waals surface area contributed by atoms with E-state index in [-0.39, 0.29) is 6.42 Å². The Morgan fingerprint density at radius 2 is 1.36 bits per heavy atom. The van der Waals surface area contributed by atoms with Crippen molar-refractivity contribution in [3.05, 3.63) is 35.9 Å². The molecule has 0 aromatic heterocycles. The predicted octanol–water partition coefficient (Wildman–Crippen LogP) is -0.909. The number of amides is 3. The van der Waals surface area contributed by atoms with E-state index in [1.807, 2.05) is 0 Å². The lowest BCUT2D eigenvalue weighted by atomic mass is 9.96. The van der Waals surface area contributed by atoms with E-state index in [1.54, 1.807) is 44.2 Å². The van der Waals surface area contributed by atoms with Crippen LogP contribution < -0.4 is 21.7 Å². The van der Waals surface area contributed by atoms with E-state index in [4.69, 9.17) is 15.9 Å². The van der Waals surface area contributed by atoms with Gasteiger partial charge in [-0.3, -0.25) is 24.0 Å². The Morgan fingerprint density at radius 3 is 1.86 bits per heavy atom. The second kappa shape index (κ2) is 14.4. The van der Waals surface area contributed by atoms with Gasteiger partial charge in [0.15, 0.2) is 0 Å². The summed E-state index contributed by atoms with van der Waals surface area (Å²) in [6.07, 6.45) is -1.22. The molecule has 8 N–H and O–H groups in total. The zero-order valence-electron chi connectivity index (χ0n) is 20.0. The molecular weight excluding hydrogens is 476 g/mol. The molecule has 0 saturated carbocycles. The fraction of sp³-hybridized carbons (Fsp3) is 0.478. The van der Waals surface area contributed by atoms with E-state index in [0.717, 1.165) is 0 Å². The lowest BCUT2D eigenvalue weighted by Crippen LogP contribution is -2.59. The van der Waals surface area contributed by atoms with E-state index in [2.05, 4.69) is 16.0 Å². The van der Waals surface area contributed by atoms with Crippen molar-refractivity contribution in [3.8, 4) is 0 Å². The van der Waals surface area contributed by atoms with Gasteiger partial charge in [0, 0.05) is 6.42 Å². The summed E-state index contributed by atoms with van der Waals surface area (Å²) < 4.78 is 0. The Labute approximate surface area is 207 Å². The number of benzene rings is 1. The van der Waals surface area contributed by atoms with Crippen LogP contribution in [0.3, 0.4) is 0 Å². The van der Waals surface area contributed by atoms with Gasteiger partial charge in [0.25, 0.3) is 0 Å². The quantitative estimate of drug-likeness (QED) is 0.154. The molecule has 0 radical (unpaired) electrons. The van der Waals surface area contributed by atoms with E-state index in [0.29, 0.717) is 12.0 Å². The highest BCUT2D eigenvalue weighted by atomic mass is 16.4. The van der Waals surface area contributed by atoms with Gasteiger partial charge < -0.3 is 37.0 Å². The number of hydrogen-bond acceptors (Lipinski definition) is 7. The Balaban J connectivity index is 3.04. The largest absolute Gasteiger partial charge is 0.481 e. The minimum absolute atomic E-state index is 0.0117. The van der Waals surface area contributed by atoms with Crippen molar-refractivity contribution in [2.24, 2.45) is 11.7 Å². The first-order valence-corrected chi connectivity index (χ1v) is 11.2. The lowest BCUT2D eigenvalue weighted by Gasteiger charge is -2.27. The molecule has 1 aromatic carbocycles. The van der Waals surface area contributed by atoms with Gasteiger partial charge in [0.2, 0.25) is 17.7 Å². The van der Waals surface area contributed by atoms with Crippen LogP contribution in [0, 0.1) is 5.92 Å². The number of carbonyl (C=O) groups excluding carboxylic acids is 3. The highest BCUT2D eigenvalue weighted by Crippen LogP contribution is 2.11. The summed E-state index contributed by atoms with van der Waals surface area (Å²) in [5, 5.41) is 34.4. The highest BCUT2D eigenvalue weighted by molar-refractivity contribution is 5.96. The molecule has 0 heterocycles.